The number of hydrogen-bond donors (Lipinski definition) is 3. The molecule has 0 saturated carbocycles. The number of hydrogen-bond acceptors (Lipinski definition) is 4. The number of amides is 1. The first kappa shape index (κ1) is 12.3. The van der Waals surface area contributed by atoms with Crippen LogP contribution in [0.2, 0.25) is 0 Å². The Bertz CT molecular complexity index is 671. The normalized spacial score (nSPS) is 11.4. The van der Waals surface area contributed by atoms with Crippen LogP contribution in [0, 0.1) is 0 Å². The van der Waals surface area contributed by atoms with Crippen LogP contribution in [0.5, 0.6) is 0 Å². The van der Waals surface area contributed by atoms with Crippen LogP contribution in [0.15, 0.2) is 29.6 Å². The third-order valence-electron chi connectivity index (χ3n) is 2.27. The molecule has 0 atom stereocenters. The number of sulfonamides is 1. The molecule has 8 nitrogen and oxygen atoms in total. The zero-order valence-electron chi connectivity index (χ0n) is 9.41. The predicted octanol–water partition coefficient (Wildman–Crippen LogP) is -0.352. The molecule has 0 aliphatic rings. The summed E-state index contributed by atoms with van der Waals surface area (Å²) in [6.45, 7) is 0. The fraction of sp³-hybridized carbons (Fsp3) is 0.111. The lowest BCUT2D eigenvalue weighted by molar-refractivity contribution is 0.101. The predicted molar refractivity (Wildman–Crippen MR) is 63.3 cm³/mol. The summed E-state index contributed by atoms with van der Waals surface area (Å²) >= 11 is 0. The topological polar surface area (TPSA) is 123 Å². The number of imidazole rings is 1. The Labute approximate surface area is 103 Å². The van der Waals surface area contributed by atoms with Crippen LogP contribution in [0.1, 0.15) is 10.5 Å². The van der Waals surface area contributed by atoms with Gasteiger partial charge in [-0.2, -0.15) is 0 Å². The second-order valence-corrected chi connectivity index (χ2v) is 5.17. The average Bonchev–Trinajstić information content (AvgIpc) is 2.85. The number of rotatable bonds is 3. The number of H-pyrrole nitrogens is 1. The molecule has 0 saturated heterocycles. The highest BCUT2D eigenvalue weighted by Gasteiger charge is 2.17. The van der Waals surface area contributed by atoms with Gasteiger partial charge in [0.05, 0.1) is 0 Å². The van der Waals surface area contributed by atoms with Gasteiger partial charge in [-0.3, -0.25) is 10.1 Å². The van der Waals surface area contributed by atoms with E-state index in [4.69, 9.17) is 5.14 Å². The highest BCUT2D eigenvalue weighted by Crippen LogP contribution is 2.12. The Hall–Kier alpha value is -2.13. The summed E-state index contributed by atoms with van der Waals surface area (Å²) in [5.41, 5.74) is 0.162. The van der Waals surface area contributed by atoms with E-state index in [1.165, 1.54) is 23.0 Å². The molecule has 2 aromatic heterocycles. The van der Waals surface area contributed by atoms with E-state index in [-0.39, 0.29) is 16.5 Å². The smallest absolute Gasteiger partial charge is 0.274 e. The average molecular weight is 269 g/mol. The summed E-state index contributed by atoms with van der Waals surface area (Å²) in [6.07, 6.45) is 4.30. The number of aryl methyl sites for hydroxylation is 1. The standard InChI is InChI=1S/C9H11N5O3S/c1-14-5-6(18(10,16)17)4-7(14)8(15)13-9-11-2-3-12-9/h2-5H,1H3,(H2,10,16,17)(H2,11,12,13,15). The molecular weight excluding hydrogens is 258 g/mol. The van der Waals surface area contributed by atoms with Crippen molar-refractivity contribution in [3.63, 3.8) is 0 Å². The molecule has 18 heavy (non-hydrogen) atoms. The Morgan fingerprint density at radius 3 is 2.78 bits per heavy atom. The van der Waals surface area contributed by atoms with Gasteiger partial charge in [0.1, 0.15) is 10.6 Å². The van der Waals surface area contributed by atoms with Gasteiger partial charge >= 0.3 is 0 Å². The quantitative estimate of drug-likeness (QED) is 0.704. The lowest BCUT2D eigenvalue weighted by atomic mass is 10.4. The van der Waals surface area contributed by atoms with Crippen LogP contribution in [0.3, 0.4) is 0 Å². The van der Waals surface area contributed by atoms with Crippen molar-refractivity contribution in [2.45, 2.75) is 4.90 Å². The van der Waals surface area contributed by atoms with Gasteiger partial charge in [0.2, 0.25) is 16.0 Å². The summed E-state index contributed by atoms with van der Waals surface area (Å²) in [5.74, 6) is -0.208. The third-order valence-corrected chi connectivity index (χ3v) is 3.15. The first-order chi connectivity index (χ1) is 8.38. The van der Waals surface area contributed by atoms with E-state index in [9.17, 15) is 13.2 Å². The maximum atomic E-state index is 11.8. The maximum absolute atomic E-state index is 11.8. The molecule has 2 heterocycles. The van der Waals surface area contributed by atoms with Gasteiger partial charge in [-0.25, -0.2) is 18.5 Å². The molecule has 0 unspecified atom stereocenters. The highest BCUT2D eigenvalue weighted by atomic mass is 32.2. The molecular formula is C9H11N5O3S. The molecule has 0 aliphatic heterocycles. The number of anilines is 1. The SMILES string of the molecule is Cn1cc(S(N)(=O)=O)cc1C(=O)Nc1ncc[nH]1. The van der Waals surface area contributed by atoms with Gasteiger partial charge in [0.25, 0.3) is 5.91 Å². The number of carbonyl (C=O) groups excluding carboxylic acids is 1. The summed E-state index contributed by atoms with van der Waals surface area (Å²) in [5, 5.41) is 7.47. The van der Waals surface area contributed by atoms with E-state index >= 15 is 0 Å². The molecule has 0 bridgehead atoms. The van der Waals surface area contributed by atoms with Crippen molar-refractivity contribution in [3.8, 4) is 0 Å². The van der Waals surface area contributed by atoms with E-state index in [2.05, 4.69) is 15.3 Å². The van der Waals surface area contributed by atoms with Gasteiger partial charge in [0, 0.05) is 25.6 Å². The lowest BCUT2D eigenvalue weighted by Gasteiger charge is -2.02. The molecule has 0 radical (unpaired) electrons. The van der Waals surface area contributed by atoms with E-state index in [1.807, 2.05) is 0 Å². The van der Waals surface area contributed by atoms with Crippen LogP contribution in [0.4, 0.5) is 5.95 Å². The molecule has 0 spiro atoms. The third kappa shape index (κ3) is 2.41. The minimum atomic E-state index is -3.82. The Kier molecular flexibility index (Phi) is 2.93. The Balaban J connectivity index is 2.29. The second-order valence-electron chi connectivity index (χ2n) is 3.61. The van der Waals surface area contributed by atoms with E-state index in [0.29, 0.717) is 0 Å². The zero-order chi connectivity index (χ0) is 13.3. The molecule has 96 valence electrons. The summed E-state index contributed by atoms with van der Waals surface area (Å²) in [7, 11) is -2.28. The Morgan fingerprint density at radius 2 is 2.28 bits per heavy atom. The minimum Gasteiger partial charge on any atom is -0.345 e. The molecule has 2 rings (SSSR count). The van der Waals surface area contributed by atoms with Gasteiger partial charge in [-0.05, 0) is 6.07 Å². The fourth-order valence-electron chi connectivity index (χ4n) is 1.42. The van der Waals surface area contributed by atoms with E-state index < -0.39 is 15.9 Å². The largest absolute Gasteiger partial charge is 0.345 e. The minimum absolute atomic E-state index is 0.116. The van der Waals surface area contributed by atoms with E-state index in [0.717, 1.165) is 0 Å². The summed E-state index contributed by atoms with van der Waals surface area (Å²) in [6, 6.07) is 1.20. The van der Waals surface area contributed by atoms with Crippen molar-refractivity contribution in [1.29, 1.82) is 0 Å². The van der Waals surface area contributed by atoms with Gasteiger partial charge < -0.3 is 9.55 Å². The Morgan fingerprint density at radius 1 is 1.56 bits per heavy atom. The number of primary sulfonamides is 1. The van der Waals surface area contributed by atoms with Gasteiger partial charge in [-0.15, -0.1) is 0 Å². The number of aromatic nitrogens is 3. The van der Waals surface area contributed by atoms with Crippen LogP contribution in [-0.2, 0) is 17.1 Å². The van der Waals surface area contributed by atoms with Crippen LogP contribution in [0.25, 0.3) is 0 Å². The number of nitrogens with two attached hydrogens (primary N) is 1. The lowest BCUT2D eigenvalue weighted by Crippen LogP contribution is -2.16. The van der Waals surface area contributed by atoms with Crippen molar-refractivity contribution < 1.29 is 13.2 Å². The first-order valence-corrected chi connectivity index (χ1v) is 6.42. The molecule has 2 aromatic rings. The number of nitrogens with one attached hydrogen (secondary N) is 2. The number of carbonyl (C=O) groups is 1. The second kappa shape index (κ2) is 4.27. The van der Waals surface area contributed by atoms with Crippen molar-refractivity contribution >= 4 is 21.9 Å². The zero-order valence-corrected chi connectivity index (χ0v) is 10.2. The van der Waals surface area contributed by atoms with E-state index in [1.54, 1.807) is 13.2 Å². The summed E-state index contributed by atoms with van der Waals surface area (Å²) < 4.78 is 23.7. The highest BCUT2D eigenvalue weighted by molar-refractivity contribution is 7.89. The molecule has 1 amide bonds. The monoisotopic (exact) mass is 269 g/mol. The van der Waals surface area contributed by atoms with Gasteiger partial charge in [-0.1, -0.05) is 0 Å². The fourth-order valence-corrected chi connectivity index (χ4v) is 2.00. The van der Waals surface area contributed by atoms with Crippen molar-refractivity contribution in [2.24, 2.45) is 12.2 Å². The van der Waals surface area contributed by atoms with Crippen LogP contribution in [-0.4, -0.2) is 28.9 Å². The number of nitrogens with zero attached hydrogens (tertiary/aromatic N) is 2. The molecule has 4 N–H and O–H groups in total. The van der Waals surface area contributed by atoms with Crippen LogP contribution >= 0.6 is 0 Å². The number of aromatic amines is 1. The molecule has 0 aliphatic carbocycles. The van der Waals surface area contributed by atoms with Crippen molar-refractivity contribution in [1.82, 2.24) is 14.5 Å². The summed E-state index contributed by atoms with van der Waals surface area (Å²) in [4.78, 5) is 18.3. The molecule has 9 heteroatoms. The van der Waals surface area contributed by atoms with Crippen molar-refractivity contribution in [3.05, 3.63) is 30.4 Å². The van der Waals surface area contributed by atoms with Gasteiger partial charge in [0.15, 0.2) is 0 Å². The maximum Gasteiger partial charge on any atom is 0.274 e. The molecule has 0 aromatic carbocycles. The van der Waals surface area contributed by atoms with Crippen molar-refractivity contribution in [2.75, 3.05) is 5.32 Å². The molecule has 0 fully saturated rings. The first-order valence-electron chi connectivity index (χ1n) is 4.88. The van der Waals surface area contributed by atoms with Crippen LogP contribution < -0.4 is 10.5 Å².